The highest BCUT2D eigenvalue weighted by Gasteiger charge is 2.63. The molecule has 1 aromatic rings. The van der Waals surface area contributed by atoms with E-state index in [9.17, 15) is 9.90 Å². The predicted octanol–water partition coefficient (Wildman–Crippen LogP) is 2.50. The number of hydrogen-bond donors (Lipinski definition) is 1. The van der Waals surface area contributed by atoms with Crippen LogP contribution in [-0.4, -0.2) is 16.5 Å². The Hall–Kier alpha value is -0.670. The number of halogens is 1. The van der Waals surface area contributed by atoms with Crippen LogP contribution in [0.1, 0.15) is 25.3 Å². The molecule has 0 amide bonds. The molecule has 0 spiro atoms. The molecule has 3 heteroatoms. The molecule has 0 radical (unpaired) electrons. The van der Waals surface area contributed by atoms with Crippen LogP contribution in [0.25, 0.3) is 0 Å². The van der Waals surface area contributed by atoms with Crippen molar-refractivity contribution < 1.29 is 9.90 Å². The van der Waals surface area contributed by atoms with Crippen LogP contribution in [0, 0.1) is 5.92 Å². The van der Waals surface area contributed by atoms with Crippen LogP contribution >= 0.6 is 15.9 Å². The van der Waals surface area contributed by atoms with Gasteiger partial charge in [-0.3, -0.25) is 4.79 Å². The summed E-state index contributed by atoms with van der Waals surface area (Å²) in [7, 11) is 0. The van der Waals surface area contributed by atoms with Gasteiger partial charge in [0.05, 0.1) is 11.5 Å². The minimum Gasteiger partial charge on any atom is -0.389 e. The molecule has 1 saturated carbocycles. The van der Waals surface area contributed by atoms with Gasteiger partial charge in [-0.1, -0.05) is 28.1 Å². The van der Waals surface area contributed by atoms with E-state index < -0.39 is 5.60 Å². The highest BCUT2D eigenvalue weighted by Crippen LogP contribution is 2.57. The Morgan fingerprint density at radius 3 is 2.67 bits per heavy atom. The molecule has 1 aromatic carbocycles. The van der Waals surface area contributed by atoms with Crippen LogP contribution < -0.4 is 0 Å². The fraction of sp³-hybridized carbons (Fsp3) is 0.417. The standard InChI is InChI=1S/C12H13BrO2/c1-7(14)10-11(12(10,2)15)8-4-3-5-9(13)6-8/h3-6,10-11,15H,1-2H3. The normalized spacial score (nSPS) is 33.9. The molecule has 2 rings (SSSR count). The van der Waals surface area contributed by atoms with E-state index in [2.05, 4.69) is 15.9 Å². The van der Waals surface area contributed by atoms with Gasteiger partial charge in [-0.15, -0.1) is 0 Å². The molecule has 2 nitrogen and oxygen atoms in total. The van der Waals surface area contributed by atoms with Crippen molar-refractivity contribution in [3.63, 3.8) is 0 Å². The zero-order chi connectivity index (χ0) is 11.2. The van der Waals surface area contributed by atoms with Gasteiger partial charge in [0.2, 0.25) is 0 Å². The molecule has 3 atom stereocenters. The van der Waals surface area contributed by atoms with Gasteiger partial charge in [-0.05, 0) is 31.5 Å². The molecule has 1 aliphatic rings. The molecule has 0 bridgehead atoms. The topological polar surface area (TPSA) is 37.3 Å². The van der Waals surface area contributed by atoms with Crippen molar-refractivity contribution in [2.24, 2.45) is 5.92 Å². The number of Topliss-reactive ketones (excluding diaryl/α,β-unsaturated/α-hetero) is 1. The Labute approximate surface area is 97.4 Å². The van der Waals surface area contributed by atoms with Gasteiger partial charge < -0.3 is 5.11 Å². The van der Waals surface area contributed by atoms with Crippen molar-refractivity contribution in [2.45, 2.75) is 25.4 Å². The first kappa shape index (κ1) is 10.8. The summed E-state index contributed by atoms with van der Waals surface area (Å²) in [5.74, 6) is -0.232. The molecule has 80 valence electrons. The minimum atomic E-state index is -0.868. The van der Waals surface area contributed by atoms with E-state index in [1.807, 2.05) is 24.3 Å². The first-order valence-electron chi connectivity index (χ1n) is 4.93. The van der Waals surface area contributed by atoms with Gasteiger partial charge in [-0.25, -0.2) is 0 Å². The van der Waals surface area contributed by atoms with Crippen molar-refractivity contribution in [2.75, 3.05) is 0 Å². The molecule has 0 aromatic heterocycles. The second kappa shape index (κ2) is 3.42. The quantitative estimate of drug-likeness (QED) is 0.895. The summed E-state index contributed by atoms with van der Waals surface area (Å²) in [5.41, 5.74) is 0.154. The second-order valence-corrected chi connectivity index (χ2v) is 5.26. The van der Waals surface area contributed by atoms with Gasteiger partial charge >= 0.3 is 0 Å². The first-order valence-corrected chi connectivity index (χ1v) is 5.72. The zero-order valence-electron chi connectivity index (χ0n) is 8.70. The summed E-state index contributed by atoms with van der Waals surface area (Å²) in [5, 5.41) is 10.0. The predicted molar refractivity (Wildman–Crippen MR) is 61.7 cm³/mol. The summed E-state index contributed by atoms with van der Waals surface area (Å²) in [6.45, 7) is 3.27. The molecule has 1 N–H and O–H groups in total. The zero-order valence-corrected chi connectivity index (χ0v) is 10.3. The number of aliphatic hydroxyl groups is 1. The number of hydrogen-bond acceptors (Lipinski definition) is 2. The lowest BCUT2D eigenvalue weighted by Crippen LogP contribution is -2.09. The van der Waals surface area contributed by atoms with Crippen molar-refractivity contribution >= 4 is 21.7 Å². The van der Waals surface area contributed by atoms with Gasteiger partial charge in [0.25, 0.3) is 0 Å². The van der Waals surface area contributed by atoms with E-state index in [-0.39, 0.29) is 17.6 Å². The fourth-order valence-corrected chi connectivity index (χ4v) is 2.79. The third-order valence-electron chi connectivity index (χ3n) is 3.13. The molecular weight excluding hydrogens is 256 g/mol. The van der Waals surface area contributed by atoms with Gasteiger partial charge in [0.1, 0.15) is 5.78 Å². The maximum absolute atomic E-state index is 11.3. The Morgan fingerprint density at radius 2 is 2.20 bits per heavy atom. The van der Waals surface area contributed by atoms with Gasteiger partial charge in [0, 0.05) is 10.4 Å². The van der Waals surface area contributed by atoms with E-state index in [0.717, 1.165) is 10.0 Å². The molecule has 0 heterocycles. The van der Waals surface area contributed by atoms with E-state index >= 15 is 0 Å². The van der Waals surface area contributed by atoms with Crippen LogP contribution in [0.4, 0.5) is 0 Å². The minimum absolute atomic E-state index is 0.0486. The second-order valence-electron chi connectivity index (χ2n) is 4.35. The summed E-state index contributed by atoms with van der Waals surface area (Å²) < 4.78 is 0.977. The summed E-state index contributed by atoms with van der Waals surface area (Å²) in [6.07, 6.45) is 0. The maximum atomic E-state index is 11.3. The molecule has 0 saturated heterocycles. The number of ketones is 1. The van der Waals surface area contributed by atoms with Crippen LogP contribution in [0.5, 0.6) is 0 Å². The van der Waals surface area contributed by atoms with Crippen LogP contribution in [0.3, 0.4) is 0 Å². The number of benzene rings is 1. The molecule has 1 aliphatic carbocycles. The van der Waals surface area contributed by atoms with Gasteiger partial charge in [-0.2, -0.15) is 0 Å². The SMILES string of the molecule is CC(=O)C1C(c2cccc(Br)c2)C1(C)O. The summed E-state index contributed by atoms with van der Waals surface area (Å²) >= 11 is 3.39. The summed E-state index contributed by atoms with van der Waals surface area (Å²) in [4.78, 5) is 11.3. The van der Waals surface area contributed by atoms with E-state index in [0.29, 0.717) is 0 Å². The maximum Gasteiger partial charge on any atom is 0.136 e. The average Bonchev–Trinajstić information content (AvgIpc) is 2.69. The van der Waals surface area contributed by atoms with Crippen molar-refractivity contribution in [1.82, 2.24) is 0 Å². The first-order chi connectivity index (χ1) is 6.94. The Kier molecular flexibility index (Phi) is 2.47. The number of carbonyl (C=O) groups excluding carboxylic acids is 1. The lowest BCUT2D eigenvalue weighted by Gasteiger charge is -2.02. The van der Waals surface area contributed by atoms with Crippen molar-refractivity contribution in [3.8, 4) is 0 Å². The Bertz CT molecular complexity index is 412. The third-order valence-corrected chi connectivity index (χ3v) is 3.62. The monoisotopic (exact) mass is 268 g/mol. The van der Waals surface area contributed by atoms with Crippen LogP contribution in [0.2, 0.25) is 0 Å². The molecular formula is C12H13BrO2. The smallest absolute Gasteiger partial charge is 0.136 e. The Morgan fingerprint density at radius 1 is 1.53 bits per heavy atom. The molecule has 0 aliphatic heterocycles. The largest absolute Gasteiger partial charge is 0.389 e. The summed E-state index contributed by atoms with van der Waals surface area (Å²) in [6, 6.07) is 7.77. The third kappa shape index (κ3) is 1.74. The molecule has 3 unspecified atom stereocenters. The Balaban J connectivity index is 2.31. The van der Waals surface area contributed by atoms with E-state index in [1.165, 1.54) is 6.92 Å². The van der Waals surface area contributed by atoms with E-state index in [4.69, 9.17) is 0 Å². The number of rotatable bonds is 2. The van der Waals surface area contributed by atoms with E-state index in [1.54, 1.807) is 6.92 Å². The number of carbonyl (C=O) groups is 1. The fourth-order valence-electron chi connectivity index (χ4n) is 2.38. The average molecular weight is 269 g/mol. The van der Waals surface area contributed by atoms with Crippen molar-refractivity contribution in [1.29, 1.82) is 0 Å². The lowest BCUT2D eigenvalue weighted by molar-refractivity contribution is -0.119. The molecule has 1 fully saturated rings. The highest BCUT2D eigenvalue weighted by molar-refractivity contribution is 9.10. The lowest BCUT2D eigenvalue weighted by atomic mass is 10.1. The van der Waals surface area contributed by atoms with Crippen molar-refractivity contribution in [3.05, 3.63) is 34.3 Å². The van der Waals surface area contributed by atoms with Gasteiger partial charge in [0.15, 0.2) is 0 Å². The highest BCUT2D eigenvalue weighted by atomic mass is 79.9. The molecule has 15 heavy (non-hydrogen) atoms. The van der Waals surface area contributed by atoms with Crippen LogP contribution in [0.15, 0.2) is 28.7 Å². The van der Waals surface area contributed by atoms with Crippen LogP contribution in [-0.2, 0) is 4.79 Å².